The fraction of sp³-hybridized carbons (Fsp3) is 0.130. The van der Waals surface area contributed by atoms with E-state index in [9.17, 15) is 28.0 Å². The second-order valence-corrected chi connectivity index (χ2v) is 8.01. The zero-order valence-electron chi connectivity index (χ0n) is 18.4. The highest BCUT2D eigenvalue weighted by molar-refractivity contribution is 6.30. The number of rotatable bonds is 5. The standard InChI is InChI=1S/C23H15ClF3N7O2/c1-13(33-9-8-15(10-20(33)35)19-11-17(24)5-2-16(19)12-28)22(36)29-18-6-3-14(4-7-18)21-30-32-34(31-21)23(25,26)27/h2-11,13H,1H3,(H,29,36). The van der Waals surface area contributed by atoms with E-state index in [2.05, 4.69) is 26.8 Å². The summed E-state index contributed by atoms with van der Waals surface area (Å²) in [4.78, 5) is 25.0. The van der Waals surface area contributed by atoms with Crippen molar-refractivity contribution < 1.29 is 18.0 Å². The van der Waals surface area contributed by atoms with Gasteiger partial charge in [0.15, 0.2) is 0 Å². The number of anilines is 1. The van der Waals surface area contributed by atoms with Crippen molar-refractivity contribution in [3.05, 3.63) is 81.7 Å². The number of nitrogens with zero attached hydrogens (tertiary/aromatic N) is 6. The van der Waals surface area contributed by atoms with Crippen LogP contribution in [-0.2, 0) is 11.1 Å². The maximum atomic E-state index is 12.7. The van der Waals surface area contributed by atoms with Crippen LogP contribution in [0.2, 0.25) is 5.02 Å². The lowest BCUT2D eigenvalue weighted by Crippen LogP contribution is -2.30. The van der Waals surface area contributed by atoms with Crippen LogP contribution in [0.15, 0.2) is 65.6 Å². The SMILES string of the molecule is CC(C(=O)Nc1ccc(-c2nnn(C(F)(F)F)n2)cc1)n1ccc(-c2cc(Cl)ccc2C#N)cc1=O. The van der Waals surface area contributed by atoms with Crippen molar-refractivity contribution in [1.82, 2.24) is 24.8 Å². The maximum Gasteiger partial charge on any atom is 0.522 e. The zero-order chi connectivity index (χ0) is 26.0. The van der Waals surface area contributed by atoms with Gasteiger partial charge in [-0.2, -0.15) is 5.26 Å². The molecule has 1 unspecified atom stereocenters. The van der Waals surface area contributed by atoms with Gasteiger partial charge in [0.25, 0.3) is 5.56 Å². The quantitative estimate of drug-likeness (QED) is 0.423. The number of carbonyl (C=O) groups excluding carboxylic acids is 1. The molecule has 36 heavy (non-hydrogen) atoms. The second-order valence-electron chi connectivity index (χ2n) is 7.58. The summed E-state index contributed by atoms with van der Waals surface area (Å²) in [6.07, 6.45) is -3.33. The van der Waals surface area contributed by atoms with E-state index in [1.807, 2.05) is 0 Å². The van der Waals surface area contributed by atoms with Gasteiger partial charge < -0.3 is 9.88 Å². The van der Waals surface area contributed by atoms with E-state index < -0.39 is 28.6 Å². The summed E-state index contributed by atoms with van der Waals surface area (Å²) in [5.74, 6) is -0.733. The second kappa shape index (κ2) is 9.63. The number of nitrogens with one attached hydrogen (secondary N) is 1. The van der Waals surface area contributed by atoms with Crippen molar-refractivity contribution in [2.75, 3.05) is 5.32 Å². The summed E-state index contributed by atoms with van der Waals surface area (Å²) >= 11 is 6.03. The third kappa shape index (κ3) is 5.11. The molecule has 4 rings (SSSR count). The Kier molecular flexibility index (Phi) is 6.59. The van der Waals surface area contributed by atoms with Gasteiger partial charge in [-0.1, -0.05) is 16.4 Å². The fourth-order valence-corrected chi connectivity index (χ4v) is 3.52. The lowest BCUT2D eigenvalue weighted by molar-refractivity contribution is -0.222. The van der Waals surface area contributed by atoms with Gasteiger partial charge in [0.1, 0.15) is 6.04 Å². The van der Waals surface area contributed by atoms with Crippen LogP contribution in [0.1, 0.15) is 18.5 Å². The number of hydrogen-bond acceptors (Lipinski definition) is 6. The van der Waals surface area contributed by atoms with E-state index in [1.165, 1.54) is 48.0 Å². The smallest absolute Gasteiger partial charge is 0.324 e. The Labute approximate surface area is 206 Å². The molecule has 0 aliphatic carbocycles. The molecule has 0 aliphatic rings. The predicted molar refractivity (Wildman–Crippen MR) is 124 cm³/mol. The number of alkyl halides is 3. The van der Waals surface area contributed by atoms with Crippen molar-refractivity contribution in [3.63, 3.8) is 0 Å². The average Bonchev–Trinajstić information content (AvgIpc) is 3.35. The summed E-state index contributed by atoms with van der Waals surface area (Å²) in [5, 5.41) is 22.0. The number of halogens is 4. The van der Waals surface area contributed by atoms with Crippen molar-refractivity contribution in [3.8, 4) is 28.6 Å². The molecule has 0 aliphatic heterocycles. The van der Waals surface area contributed by atoms with Crippen LogP contribution in [0.3, 0.4) is 0 Å². The molecule has 13 heteroatoms. The van der Waals surface area contributed by atoms with Crippen LogP contribution < -0.4 is 10.9 Å². The first-order chi connectivity index (χ1) is 17.1. The molecule has 1 atom stereocenters. The molecule has 0 fully saturated rings. The monoisotopic (exact) mass is 513 g/mol. The van der Waals surface area contributed by atoms with Gasteiger partial charge in [0.05, 0.1) is 11.6 Å². The first kappa shape index (κ1) is 24.6. The van der Waals surface area contributed by atoms with Gasteiger partial charge in [-0.05, 0) is 66.2 Å². The van der Waals surface area contributed by atoms with Gasteiger partial charge in [-0.15, -0.1) is 23.4 Å². The largest absolute Gasteiger partial charge is 0.522 e. The molecule has 0 saturated carbocycles. The minimum atomic E-state index is -4.78. The minimum Gasteiger partial charge on any atom is -0.324 e. The number of carbonyl (C=O) groups is 1. The van der Waals surface area contributed by atoms with Crippen molar-refractivity contribution in [2.45, 2.75) is 19.3 Å². The molecule has 0 saturated heterocycles. The Hall–Kier alpha value is -4.50. The molecular weight excluding hydrogens is 499 g/mol. The van der Waals surface area contributed by atoms with Crippen molar-refractivity contribution >= 4 is 23.2 Å². The van der Waals surface area contributed by atoms with Gasteiger partial charge in [-0.25, -0.2) is 0 Å². The summed E-state index contributed by atoms with van der Waals surface area (Å²) in [5.41, 5.74) is 1.48. The van der Waals surface area contributed by atoms with E-state index in [-0.39, 0.29) is 11.4 Å². The van der Waals surface area contributed by atoms with E-state index in [0.717, 1.165) is 0 Å². The molecule has 0 radical (unpaired) electrons. The van der Waals surface area contributed by atoms with Gasteiger partial charge >= 0.3 is 6.30 Å². The lowest BCUT2D eigenvalue weighted by atomic mass is 10.0. The van der Waals surface area contributed by atoms with E-state index in [4.69, 9.17) is 11.6 Å². The number of tetrazole rings is 1. The molecule has 0 spiro atoms. The highest BCUT2D eigenvalue weighted by atomic mass is 35.5. The third-order valence-corrected chi connectivity index (χ3v) is 5.44. The zero-order valence-corrected chi connectivity index (χ0v) is 19.1. The number of benzene rings is 2. The van der Waals surface area contributed by atoms with E-state index >= 15 is 0 Å². The minimum absolute atomic E-state index is 0.232. The molecule has 1 N–H and O–H groups in total. The van der Waals surface area contributed by atoms with Gasteiger partial charge in [-0.3, -0.25) is 9.59 Å². The number of pyridine rings is 1. The topological polar surface area (TPSA) is 118 Å². The van der Waals surface area contributed by atoms with Crippen LogP contribution in [0.4, 0.5) is 18.9 Å². The maximum absolute atomic E-state index is 12.7. The van der Waals surface area contributed by atoms with Crippen LogP contribution in [0, 0.1) is 11.3 Å². The number of hydrogen-bond donors (Lipinski definition) is 1. The summed E-state index contributed by atoms with van der Waals surface area (Å²) in [6, 6.07) is 14.6. The Balaban J connectivity index is 1.49. The predicted octanol–water partition coefficient (Wildman–Crippen LogP) is 4.37. The highest BCUT2D eigenvalue weighted by Crippen LogP contribution is 2.26. The Morgan fingerprint density at radius 2 is 1.83 bits per heavy atom. The van der Waals surface area contributed by atoms with Crippen LogP contribution in [-0.4, -0.2) is 30.7 Å². The Morgan fingerprint density at radius 3 is 2.44 bits per heavy atom. The van der Waals surface area contributed by atoms with Gasteiger partial charge in [0, 0.05) is 34.1 Å². The number of amides is 1. The van der Waals surface area contributed by atoms with Crippen LogP contribution in [0.25, 0.3) is 22.5 Å². The molecule has 2 aromatic heterocycles. The summed E-state index contributed by atoms with van der Waals surface area (Å²) < 4.78 is 39.1. The van der Waals surface area contributed by atoms with Gasteiger partial charge in [0.2, 0.25) is 11.7 Å². The molecule has 9 nitrogen and oxygen atoms in total. The molecule has 2 heterocycles. The molecule has 1 amide bonds. The molecule has 0 bridgehead atoms. The molecular formula is C23H15ClF3N7O2. The molecule has 4 aromatic rings. The molecule has 182 valence electrons. The van der Waals surface area contributed by atoms with Crippen molar-refractivity contribution in [2.24, 2.45) is 0 Å². The number of nitriles is 1. The Morgan fingerprint density at radius 1 is 1.11 bits per heavy atom. The van der Waals surface area contributed by atoms with E-state index in [1.54, 1.807) is 24.3 Å². The van der Waals surface area contributed by atoms with Crippen molar-refractivity contribution in [1.29, 1.82) is 5.26 Å². The fourth-order valence-electron chi connectivity index (χ4n) is 3.34. The van der Waals surface area contributed by atoms with Crippen LogP contribution >= 0.6 is 11.6 Å². The first-order valence-electron chi connectivity index (χ1n) is 10.3. The van der Waals surface area contributed by atoms with E-state index in [0.29, 0.717) is 27.4 Å². The normalized spacial score (nSPS) is 12.1. The summed E-state index contributed by atoms with van der Waals surface area (Å²) in [7, 11) is 0. The summed E-state index contributed by atoms with van der Waals surface area (Å²) in [6.45, 7) is 1.53. The van der Waals surface area contributed by atoms with Crippen LogP contribution in [0.5, 0.6) is 0 Å². The molecule has 2 aromatic carbocycles. The third-order valence-electron chi connectivity index (χ3n) is 5.21. The highest BCUT2D eigenvalue weighted by Gasteiger charge is 2.34. The first-order valence-corrected chi connectivity index (χ1v) is 10.7. The average molecular weight is 514 g/mol. The number of aromatic nitrogens is 5. The lowest BCUT2D eigenvalue weighted by Gasteiger charge is -2.16. The Bertz CT molecular complexity index is 1540.